The molecular formula is C16H23N3O2. The lowest BCUT2D eigenvalue weighted by atomic mass is 10.1. The minimum absolute atomic E-state index is 0.0459. The molecule has 1 saturated carbocycles. The zero-order chi connectivity index (χ0) is 15.2. The van der Waals surface area contributed by atoms with Gasteiger partial charge in [0.1, 0.15) is 0 Å². The maximum absolute atomic E-state index is 11.9. The van der Waals surface area contributed by atoms with E-state index in [1.54, 1.807) is 24.3 Å². The third-order valence-corrected chi connectivity index (χ3v) is 3.38. The van der Waals surface area contributed by atoms with Crippen molar-refractivity contribution >= 4 is 17.5 Å². The number of carbonyl (C=O) groups is 2. The third-order valence-electron chi connectivity index (χ3n) is 3.38. The van der Waals surface area contributed by atoms with Gasteiger partial charge in [-0.15, -0.1) is 0 Å². The van der Waals surface area contributed by atoms with Gasteiger partial charge in [-0.05, 0) is 50.8 Å². The lowest BCUT2D eigenvalue weighted by Crippen LogP contribution is -2.25. The maximum atomic E-state index is 11.9. The summed E-state index contributed by atoms with van der Waals surface area (Å²) in [5, 5.41) is 5.75. The molecule has 114 valence electrons. The molecule has 5 heteroatoms. The van der Waals surface area contributed by atoms with E-state index in [1.165, 1.54) is 0 Å². The van der Waals surface area contributed by atoms with E-state index in [1.807, 2.05) is 6.92 Å². The Morgan fingerprint density at radius 1 is 1.38 bits per heavy atom. The molecule has 5 nitrogen and oxygen atoms in total. The van der Waals surface area contributed by atoms with Crippen LogP contribution in [-0.4, -0.2) is 23.9 Å². The molecule has 1 aliphatic rings. The maximum Gasteiger partial charge on any atom is 0.251 e. The highest BCUT2D eigenvalue weighted by molar-refractivity contribution is 5.97. The zero-order valence-corrected chi connectivity index (χ0v) is 12.4. The SMILES string of the molecule is CC(N)CCCC(=O)Nc1cccc(C(=O)NC2CC2)c1. The first-order valence-corrected chi connectivity index (χ1v) is 7.51. The Morgan fingerprint density at radius 3 is 2.81 bits per heavy atom. The summed E-state index contributed by atoms with van der Waals surface area (Å²) in [7, 11) is 0. The van der Waals surface area contributed by atoms with E-state index in [0.717, 1.165) is 25.7 Å². The molecule has 0 saturated heterocycles. The van der Waals surface area contributed by atoms with Gasteiger partial charge in [0.25, 0.3) is 5.91 Å². The molecule has 0 aliphatic heterocycles. The summed E-state index contributed by atoms with van der Waals surface area (Å²) in [5.74, 6) is -0.124. The van der Waals surface area contributed by atoms with Gasteiger partial charge in [-0.1, -0.05) is 6.07 Å². The van der Waals surface area contributed by atoms with Crippen LogP contribution >= 0.6 is 0 Å². The Balaban J connectivity index is 1.85. The van der Waals surface area contributed by atoms with E-state index >= 15 is 0 Å². The lowest BCUT2D eigenvalue weighted by molar-refractivity contribution is -0.116. The van der Waals surface area contributed by atoms with E-state index in [-0.39, 0.29) is 17.9 Å². The van der Waals surface area contributed by atoms with Crippen molar-refractivity contribution in [2.24, 2.45) is 5.73 Å². The van der Waals surface area contributed by atoms with E-state index in [0.29, 0.717) is 23.7 Å². The van der Waals surface area contributed by atoms with Gasteiger partial charge < -0.3 is 16.4 Å². The first-order chi connectivity index (χ1) is 10.0. The number of carbonyl (C=O) groups excluding carboxylic acids is 2. The molecule has 21 heavy (non-hydrogen) atoms. The number of rotatable bonds is 7. The molecule has 2 amide bonds. The Hall–Kier alpha value is -1.88. The van der Waals surface area contributed by atoms with Crippen LogP contribution in [0, 0.1) is 0 Å². The van der Waals surface area contributed by atoms with Gasteiger partial charge in [0, 0.05) is 29.8 Å². The Labute approximate surface area is 125 Å². The fourth-order valence-electron chi connectivity index (χ4n) is 2.04. The highest BCUT2D eigenvalue weighted by Gasteiger charge is 2.23. The smallest absolute Gasteiger partial charge is 0.251 e. The highest BCUT2D eigenvalue weighted by atomic mass is 16.2. The molecule has 1 aromatic carbocycles. The predicted molar refractivity (Wildman–Crippen MR) is 83.1 cm³/mol. The number of nitrogens with two attached hydrogens (primary N) is 1. The third kappa shape index (κ3) is 5.55. The number of anilines is 1. The van der Waals surface area contributed by atoms with Gasteiger partial charge in [0.15, 0.2) is 0 Å². The van der Waals surface area contributed by atoms with E-state index in [9.17, 15) is 9.59 Å². The minimum atomic E-state index is -0.0782. The molecule has 0 heterocycles. The molecule has 1 fully saturated rings. The molecule has 2 rings (SSSR count). The molecule has 0 aromatic heterocycles. The first-order valence-electron chi connectivity index (χ1n) is 7.51. The fourth-order valence-corrected chi connectivity index (χ4v) is 2.04. The van der Waals surface area contributed by atoms with Crippen molar-refractivity contribution < 1.29 is 9.59 Å². The van der Waals surface area contributed by atoms with Crippen molar-refractivity contribution in [2.45, 2.75) is 51.1 Å². The summed E-state index contributed by atoms with van der Waals surface area (Å²) in [6.07, 6.45) is 4.16. The molecule has 1 unspecified atom stereocenters. The Morgan fingerprint density at radius 2 is 2.14 bits per heavy atom. The molecule has 0 bridgehead atoms. The molecule has 0 spiro atoms. The van der Waals surface area contributed by atoms with Crippen LogP contribution in [0.2, 0.25) is 0 Å². The number of hydrogen-bond acceptors (Lipinski definition) is 3. The molecule has 1 aromatic rings. The topological polar surface area (TPSA) is 84.2 Å². The Bertz CT molecular complexity index is 510. The van der Waals surface area contributed by atoms with E-state index < -0.39 is 0 Å². The standard InChI is InChI=1S/C16H23N3O2/c1-11(17)4-2-7-15(20)18-14-6-3-5-12(10-14)16(21)19-13-8-9-13/h3,5-6,10-11,13H,2,4,7-9,17H2,1H3,(H,18,20)(H,19,21). The summed E-state index contributed by atoms with van der Waals surface area (Å²) in [6, 6.07) is 7.47. The monoisotopic (exact) mass is 289 g/mol. The van der Waals surface area contributed by atoms with E-state index in [2.05, 4.69) is 10.6 Å². The second kappa shape index (κ2) is 7.22. The normalized spacial score (nSPS) is 15.3. The van der Waals surface area contributed by atoms with Crippen molar-refractivity contribution in [3.05, 3.63) is 29.8 Å². The zero-order valence-electron chi connectivity index (χ0n) is 12.4. The second-order valence-electron chi connectivity index (χ2n) is 5.75. The Kier molecular flexibility index (Phi) is 5.33. The van der Waals surface area contributed by atoms with Crippen molar-refractivity contribution in [1.82, 2.24) is 5.32 Å². The average Bonchev–Trinajstić information content (AvgIpc) is 3.22. The number of nitrogens with one attached hydrogen (secondary N) is 2. The van der Waals surface area contributed by atoms with Gasteiger partial charge in [-0.3, -0.25) is 9.59 Å². The van der Waals surface area contributed by atoms with Crippen LogP contribution < -0.4 is 16.4 Å². The van der Waals surface area contributed by atoms with Gasteiger partial charge >= 0.3 is 0 Å². The highest BCUT2D eigenvalue weighted by Crippen LogP contribution is 2.20. The van der Waals surface area contributed by atoms with Gasteiger partial charge in [-0.25, -0.2) is 0 Å². The summed E-state index contributed by atoms with van der Waals surface area (Å²) in [6.45, 7) is 1.93. The molecule has 0 radical (unpaired) electrons. The van der Waals surface area contributed by atoms with Crippen LogP contribution in [0.1, 0.15) is 49.4 Å². The minimum Gasteiger partial charge on any atom is -0.349 e. The van der Waals surface area contributed by atoms with Crippen molar-refractivity contribution in [3.63, 3.8) is 0 Å². The van der Waals surface area contributed by atoms with Crippen molar-refractivity contribution in [2.75, 3.05) is 5.32 Å². The molecule has 1 aliphatic carbocycles. The van der Waals surface area contributed by atoms with Crippen LogP contribution in [0.5, 0.6) is 0 Å². The quantitative estimate of drug-likeness (QED) is 0.718. The summed E-state index contributed by atoms with van der Waals surface area (Å²) in [4.78, 5) is 23.8. The van der Waals surface area contributed by atoms with Crippen molar-refractivity contribution in [3.8, 4) is 0 Å². The summed E-state index contributed by atoms with van der Waals surface area (Å²) in [5.41, 5.74) is 6.89. The van der Waals surface area contributed by atoms with Gasteiger partial charge in [-0.2, -0.15) is 0 Å². The number of hydrogen-bond donors (Lipinski definition) is 3. The van der Waals surface area contributed by atoms with Gasteiger partial charge in [0.2, 0.25) is 5.91 Å². The fraction of sp³-hybridized carbons (Fsp3) is 0.500. The van der Waals surface area contributed by atoms with Crippen LogP contribution in [0.3, 0.4) is 0 Å². The number of benzene rings is 1. The molecule has 1 atom stereocenters. The molecular weight excluding hydrogens is 266 g/mol. The van der Waals surface area contributed by atoms with Crippen LogP contribution in [-0.2, 0) is 4.79 Å². The van der Waals surface area contributed by atoms with Crippen LogP contribution in [0.4, 0.5) is 5.69 Å². The first kappa shape index (κ1) is 15.5. The van der Waals surface area contributed by atoms with Crippen LogP contribution in [0.25, 0.3) is 0 Å². The lowest BCUT2D eigenvalue weighted by Gasteiger charge is -2.08. The van der Waals surface area contributed by atoms with E-state index in [4.69, 9.17) is 5.73 Å². The van der Waals surface area contributed by atoms with Crippen LogP contribution in [0.15, 0.2) is 24.3 Å². The summed E-state index contributed by atoms with van der Waals surface area (Å²) < 4.78 is 0. The predicted octanol–water partition coefficient (Wildman–Crippen LogP) is 2.03. The largest absolute Gasteiger partial charge is 0.349 e. The average molecular weight is 289 g/mol. The number of amides is 2. The molecule has 4 N–H and O–H groups in total. The summed E-state index contributed by atoms with van der Waals surface area (Å²) >= 11 is 0. The van der Waals surface area contributed by atoms with Gasteiger partial charge in [0.05, 0.1) is 0 Å². The second-order valence-corrected chi connectivity index (χ2v) is 5.75. The van der Waals surface area contributed by atoms with Crippen molar-refractivity contribution in [1.29, 1.82) is 0 Å².